The maximum Gasteiger partial charge on any atom is 0.252 e. The van der Waals surface area contributed by atoms with E-state index in [9.17, 15) is 0 Å². The Morgan fingerprint density at radius 3 is 1.38 bits per heavy atom. The van der Waals surface area contributed by atoms with Gasteiger partial charge in [0.05, 0.1) is 5.69 Å². The standard InChI is InChI=1S/C62H48BN3/c1-62(2,3)47-40-57-61-58(41-47)66(50-29-17-8-18-30-50)59-42-56(64(48-25-13-6-14-26-48)49-27-15-7-16-28-49)52-31-19-20-32-53(52)60(59)63(61)54-39-46(44-23-11-5-12-24-44)35-38-55(54)65(57)51-36-33-45(34-37-51)43-21-9-4-10-22-43/h4-42H,1-3H3. The number of fused-ring (bicyclic) bond motifs is 6. The largest absolute Gasteiger partial charge is 0.311 e. The third kappa shape index (κ3) is 6.60. The number of para-hydroxylation sites is 3. The molecule has 2 aliphatic heterocycles. The molecule has 12 rings (SSSR count). The van der Waals surface area contributed by atoms with Crippen molar-refractivity contribution in [1.29, 1.82) is 0 Å². The zero-order valence-electron chi connectivity index (χ0n) is 37.4. The van der Waals surface area contributed by atoms with E-state index >= 15 is 0 Å². The molecule has 0 saturated heterocycles. The summed E-state index contributed by atoms with van der Waals surface area (Å²) in [6.45, 7) is 6.94. The maximum atomic E-state index is 2.56. The highest BCUT2D eigenvalue weighted by Crippen LogP contribution is 2.50. The lowest BCUT2D eigenvalue weighted by atomic mass is 9.32. The Morgan fingerprint density at radius 2 is 0.803 bits per heavy atom. The smallest absolute Gasteiger partial charge is 0.252 e. The van der Waals surface area contributed by atoms with Crippen LogP contribution in [0.1, 0.15) is 26.3 Å². The van der Waals surface area contributed by atoms with E-state index in [4.69, 9.17) is 0 Å². The fraction of sp³-hybridized carbons (Fsp3) is 0.0645. The molecule has 10 aromatic rings. The van der Waals surface area contributed by atoms with Crippen LogP contribution in [0.15, 0.2) is 237 Å². The van der Waals surface area contributed by atoms with Crippen LogP contribution in [0, 0.1) is 0 Å². The second kappa shape index (κ2) is 15.9. The molecule has 0 aromatic heterocycles. The SMILES string of the molecule is CC(C)(C)c1cc2c3c(c1)N(c1ccccc1)c1cc(N(c4ccccc4)c4ccccc4)c4ccccc4c1B3c1cc(-c3ccccc3)ccc1N2c1ccc(-c2ccccc2)cc1. The summed E-state index contributed by atoms with van der Waals surface area (Å²) in [4.78, 5) is 7.54. The van der Waals surface area contributed by atoms with Gasteiger partial charge < -0.3 is 14.7 Å². The molecule has 3 nitrogen and oxygen atoms in total. The second-order valence-electron chi connectivity index (χ2n) is 18.6. The molecule has 0 unspecified atom stereocenters. The molecule has 0 atom stereocenters. The number of anilines is 9. The molecule has 0 fully saturated rings. The molecule has 0 amide bonds. The van der Waals surface area contributed by atoms with Gasteiger partial charge in [0.2, 0.25) is 0 Å². The molecule has 0 spiro atoms. The van der Waals surface area contributed by atoms with Gasteiger partial charge >= 0.3 is 0 Å². The highest BCUT2D eigenvalue weighted by atomic mass is 15.2. The summed E-state index contributed by atoms with van der Waals surface area (Å²) in [6.07, 6.45) is 0. The first kappa shape index (κ1) is 39.5. The van der Waals surface area contributed by atoms with Crippen LogP contribution in [-0.2, 0) is 5.41 Å². The molecule has 4 heteroatoms. The first-order chi connectivity index (χ1) is 32.4. The number of nitrogens with zero attached hydrogens (tertiary/aromatic N) is 3. The molecule has 2 aliphatic rings. The van der Waals surface area contributed by atoms with Crippen molar-refractivity contribution in [1.82, 2.24) is 0 Å². The molecular weight excluding hydrogens is 798 g/mol. The molecule has 2 heterocycles. The number of rotatable bonds is 7. The van der Waals surface area contributed by atoms with E-state index in [0.717, 1.165) is 28.4 Å². The Balaban J connectivity index is 1.20. The molecule has 0 bridgehead atoms. The van der Waals surface area contributed by atoms with Crippen molar-refractivity contribution < 1.29 is 0 Å². The first-order valence-corrected chi connectivity index (χ1v) is 23.1. The minimum Gasteiger partial charge on any atom is -0.311 e. The summed E-state index contributed by atoms with van der Waals surface area (Å²) in [5.41, 5.74) is 20.3. The van der Waals surface area contributed by atoms with Crippen molar-refractivity contribution in [2.45, 2.75) is 26.2 Å². The lowest BCUT2D eigenvalue weighted by molar-refractivity contribution is 0.590. The average Bonchev–Trinajstić information content (AvgIpc) is 3.37. The topological polar surface area (TPSA) is 9.72 Å². The third-order valence-corrected chi connectivity index (χ3v) is 13.5. The highest BCUT2D eigenvalue weighted by molar-refractivity contribution is 7.01. The van der Waals surface area contributed by atoms with Gasteiger partial charge in [-0.2, -0.15) is 0 Å². The summed E-state index contributed by atoms with van der Waals surface area (Å²) < 4.78 is 0. The van der Waals surface area contributed by atoms with E-state index in [-0.39, 0.29) is 12.1 Å². The van der Waals surface area contributed by atoms with Crippen molar-refractivity contribution in [3.63, 3.8) is 0 Å². The van der Waals surface area contributed by atoms with Gasteiger partial charge in [0.25, 0.3) is 6.71 Å². The predicted molar refractivity (Wildman–Crippen MR) is 282 cm³/mol. The number of hydrogen-bond acceptors (Lipinski definition) is 3. The molecule has 0 radical (unpaired) electrons. The lowest BCUT2D eigenvalue weighted by Crippen LogP contribution is -2.61. The molecule has 0 N–H and O–H groups in total. The van der Waals surface area contributed by atoms with Gasteiger partial charge in [0, 0.05) is 50.9 Å². The number of benzene rings is 10. The molecule has 10 aromatic carbocycles. The zero-order valence-corrected chi connectivity index (χ0v) is 37.4. The van der Waals surface area contributed by atoms with E-state index in [0.29, 0.717) is 0 Å². The summed E-state index contributed by atoms with van der Waals surface area (Å²) in [5.74, 6) is 0. The maximum absolute atomic E-state index is 2.56. The average molecular weight is 846 g/mol. The van der Waals surface area contributed by atoms with Crippen LogP contribution < -0.4 is 31.1 Å². The first-order valence-electron chi connectivity index (χ1n) is 23.1. The van der Waals surface area contributed by atoms with Gasteiger partial charge in [0.1, 0.15) is 0 Å². The van der Waals surface area contributed by atoms with Gasteiger partial charge in [-0.3, -0.25) is 0 Å². The predicted octanol–water partition coefficient (Wildman–Crippen LogP) is 15.0. The summed E-state index contributed by atoms with van der Waals surface area (Å²) >= 11 is 0. The van der Waals surface area contributed by atoms with E-state index in [1.54, 1.807) is 0 Å². The van der Waals surface area contributed by atoms with E-state index in [2.05, 4.69) is 272 Å². The van der Waals surface area contributed by atoms with Crippen LogP contribution >= 0.6 is 0 Å². The molecule has 0 aliphatic carbocycles. The molecular formula is C62H48BN3. The summed E-state index contributed by atoms with van der Waals surface area (Å²) in [6, 6.07) is 87.1. The van der Waals surface area contributed by atoms with E-state index in [1.807, 2.05) is 0 Å². The normalized spacial score (nSPS) is 12.7. The Kier molecular flexibility index (Phi) is 9.50. The summed E-state index contributed by atoms with van der Waals surface area (Å²) in [7, 11) is 0. The van der Waals surface area contributed by atoms with E-state index < -0.39 is 0 Å². The molecule has 66 heavy (non-hydrogen) atoms. The quantitative estimate of drug-likeness (QED) is 0.148. The Bertz CT molecular complexity index is 3350. The van der Waals surface area contributed by atoms with Crippen LogP contribution in [0.3, 0.4) is 0 Å². The van der Waals surface area contributed by atoms with Crippen LogP contribution in [0.4, 0.5) is 51.2 Å². The summed E-state index contributed by atoms with van der Waals surface area (Å²) in [5, 5.41) is 2.44. The van der Waals surface area contributed by atoms with Gasteiger partial charge in [-0.05, 0) is 128 Å². The monoisotopic (exact) mass is 845 g/mol. The fourth-order valence-electron chi connectivity index (χ4n) is 10.4. The minimum absolute atomic E-state index is 0.0849. The number of hydrogen-bond donors (Lipinski definition) is 0. The Labute approximate surface area is 388 Å². The van der Waals surface area contributed by atoms with Gasteiger partial charge in [-0.1, -0.05) is 185 Å². The lowest BCUT2D eigenvalue weighted by Gasteiger charge is -2.46. The van der Waals surface area contributed by atoms with Gasteiger partial charge in [-0.15, -0.1) is 0 Å². The van der Waals surface area contributed by atoms with Crippen molar-refractivity contribution in [3.05, 3.63) is 242 Å². The third-order valence-electron chi connectivity index (χ3n) is 13.5. The van der Waals surface area contributed by atoms with Crippen LogP contribution in [0.25, 0.3) is 33.0 Å². The van der Waals surface area contributed by atoms with Crippen molar-refractivity contribution in [2.24, 2.45) is 0 Å². The van der Waals surface area contributed by atoms with Crippen molar-refractivity contribution >= 4 is 85.1 Å². The molecule has 314 valence electrons. The Hall–Kier alpha value is -8.08. The van der Waals surface area contributed by atoms with Gasteiger partial charge in [-0.25, -0.2) is 0 Å². The van der Waals surface area contributed by atoms with Crippen molar-refractivity contribution in [2.75, 3.05) is 14.7 Å². The van der Waals surface area contributed by atoms with Crippen molar-refractivity contribution in [3.8, 4) is 22.3 Å². The van der Waals surface area contributed by atoms with Crippen LogP contribution in [-0.4, -0.2) is 6.71 Å². The minimum atomic E-state index is -0.143. The van der Waals surface area contributed by atoms with Gasteiger partial charge in [0.15, 0.2) is 0 Å². The molecule has 0 saturated carbocycles. The second-order valence-corrected chi connectivity index (χ2v) is 18.6. The van der Waals surface area contributed by atoms with Crippen LogP contribution in [0.5, 0.6) is 0 Å². The van der Waals surface area contributed by atoms with Crippen LogP contribution in [0.2, 0.25) is 0 Å². The Morgan fingerprint density at radius 1 is 0.364 bits per heavy atom. The zero-order chi connectivity index (χ0) is 44.4. The fourth-order valence-corrected chi connectivity index (χ4v) is 10.4. The van der Waals surface area contributed by atoms with E-state index in [1.165, 1.54) is 77.7 Å². The highest BCUT2D eigenvalue weighted by Gasteiger charge is 2.45.